The van der Waals surface area contributed by atoms with Crippen molar-refractivity contribution in [3.05, 3.63) is 52.6 Å². The zero-order valence-corrected chi connectivity index (χ0v) is 24.5. The first kappa shape index (κ1) is 36.5. The quantitative estimate of drug-likeness (QED) is 0.285. The molecule has 0 radical (unpaired) electrons. The normalized spacial score (nSPS) is 14.0. The number of hydrogen-bond donors (Lipinski definition) is 5. The summed E-state index contributed by atoms with van der Waals surface area (Å²) in [6.45, 7) is 15.2. The predicted octanol–water partition coefficient (Wildman–Crippen LogP) is 3.27. The van der Waals surface area contributed by atoms with Gasteiger partial charge in [0.25, 0.3) is 5.91 Å². The molecule has 4 rings (SSSR count). The Bertz CT molecular complexity index is 1060. The molecule has 1 aromatic carbocycles. The van der Waals surface area contributed by atoms with Gasteiger partial charge in [-0.3, -0.25) is 14.4 Å². The van der Waals surface area contributed by atoms with E-state index in [4.69, 9.17) is 14.9 Å². The van der Waals surface area contributed by atoms with E-state index >= 15 is 0 Å². The molecular formula is C29H45FN4O6. The topological polar surface area (TPSA) is 144 Å². The van der Waals surface area contributed by atoms with Crippen molar-refractivity contribution in [1.82, 2.24) is 15.2 Å². The number of rotatable bonds is 4. The van der Waals surface area contributed by atoms with Crippen molar-refractivity contribution in [2.24, 2.45) is 0 Å². The predicted molar refractivity (Wildman–Crippen MR) is 156 cm³/mol. The highest BCUT2D eigenvalue weighted by Crippen LogP contribution is 2.33. The van der Waals surface area contributed by atoms with Crippen LogP contribution >= 0.6 is 0 Å². The number of aliphatic hydroxyl groups excluding tert-OH is 2. The fourth-order valence-corrected chi connectivity index (χ4v) is 3.31. The van der Waals surface area contributed by atoms with Crippen LogP contribution in [0.3, 0.4) is 0 Å². The number of benzene rings is 1. The molecule has 5 N–H and O–H groups in total. The second-order valence-electron chi connectivity index (χ2n) is 8.58. The smallest absolute Gasteiger partial charge is 0.256 e. The largest absolute Gasteiger partial charge is 0.397 e. The minimum Gasteiger partial charge on any atom is -0.397 e. The van der Waals surface area contributed by atoms with E-state index in [0.29, 0.717) is 43.1 Å². The number of fused-ring (bicyclic) bond motifs is 1. The summed E-state index contributed by atoms with van der Waals surface area (Å²) in [5, 5.41) is 20.6. The lowest BCUT2D eigenvalue weighted by atomic mass is 10.1. The number of morpholine rings is 1. The zero-order chi connectivity index (χ0) is 30.5. The van der Waals surface area contributed by atoms with Crippen molar-refractivity contribution in [3.63, 3.8) is 0 Å². The number of nitrogens with one attached hydrogen (secondary N) is 3. The summed E-state index contributed by atoms with van der Waals surface area (Å²) in [4.78, 5) is 36.9. The fourth-order valence-electron chi connectivity index (χ4n) is 3.31. The third-order valence-electron chi connectivity index (χ3n) is 5.21. The number of aromatic nitrogens is 1. The Morgan fingerprint density at radius 1 is 1.15 bits per heavy atom. The van der Waals surface area contributed by atoms with E-state index in [0.717, 1.165) is 43.0 Å². The molecule has 0 spiro atoms. The van der Waals surface area contributed by atoms with Gasteiger partial charge in [0.2, 0.25) is 12.3 Å². The molecule has 2 aliphatic heterocycles. The average Bonchev–Trinajstić information content (AvgIpc) is 3.42. The van der Waals surface area contributed by atoms with Crippen LogP contribution < -0.4 is 10.6 Å². The van der Waals surface area contributed by atoms with Crippen LogP contribution in [-0.4, -0.2) is 84.4 Å². The maximum atomic E-state index is 13.3. The minimum absolute atomic E-state index is 0.151. The Kier molecular flexibility index (Phi) is 19.4. The number of nitrogens with zero attached hydrogens (tertiary/aromatic N) is 1. The van der Waals surface area contributed by atoms with Crippen LogP contribution in [0.5, 0.6) is 0 Å². The maximum Gasteiger partial charge on any atom is 0.256 e. The number of H-pyrrole nitrogens is 1. The molecule has 40 heavy (non-hydrogen) atoms. The van der Waals surface area contributed by atoms with E-state index in [9.17, 15) is 18.8 Å². The van der Waals surface area contributed by atoms with E-state index in [1.54, 1.807) is 30.9 Å². The summed E-state index contributed by atoms with van der Waals surface area (Å²) in [5.41, 5.74) is 4.71. The van der Waals surface area contributed by atoms with Gasteiger partial charge in [0.05, 0.1) is 18.8 Å². The monoisotopic (exact) mass is 564 g/mol. The standard InChI is InChI=1S/C15H13FN2O.C6H11NO2.C3H7NO.C3H8O.C2H6O/c1-8-5-9(2)17-14(8)7-12-11-6-10(16)3-4-13(11)18-15(12)19;1-6(8)7-2-4-9-5-3-7;1-2-4-3-5;1-2-3-4;1-2-3/h3-7,17H,1-2H3,(H,18,19);2-5H2,1H3;3H,2H2,1H3,(H,4,5);4H,2-3H2,1H3;3H,2H2,1H3/b12-7-;;;;. The van der Waals surface area contributed by atoms with Gasteiger partial charge in [-0.15, -0.1) is 0 Å². The number of aryl methyl sites for hydroxylation is 2. The zero-order valence-electron chi connectivity index (χ0n) is 24.5. The van der Waals surface area contributed by atoms with Gasteiger partial charge in [0, 0.05) is 62.4 Å². The molecule has 2 aromatic rings. The third-order valence-corrected chi connectivity index (χ3v) is 5.21. The molecule has 3 heterocycles. The number of carbonyl (C=O) groups is 3. The molecule has 1 fully saturated rings. The first-order chi connectivity index (χ1) is 19.1. The minimum atomic E-state index is -0.347. The van der Waals surface area contributed by atoms with E-state index in [2.05, 4.69) is 15.6 Å². The Balaban J connectivity index is 0.000000601. The number of aliphatic hydroxyl groups is 2. The number of hydrogen-bond acceptors (Lipinski definition) is 6. The first-order valence-corrected chi connectivity index (χ1v) is 13.3. The van der Waals surface area contributed by atoms with Gasteiger partial charge >= 0.3 is 0 Å². The van der Waals surface area contributed by atoms with Gasteiger partial charge in [0.15, 0.2) is 0 Å². The maximum absolute atomic E-state index is 13.3. The molecule has 0 saturated carbocycles. The average molecular weight is 565 g/mol. The van der Waals surface area contributed by atoms with Gasteiger partial charge in [-0.2, -0.15) is 0 Å². The fraction of sp³-hybridized carbons (Fsp3) is 0.483. The molecular weight excluding hydrogens is 519 g/mol. The summed E-state index contributed by atoms with van der Waals surface area (Å²) >= 11 is 0. The summed E-state index contributed by atoms with van der Waals surface area (Å²) < 4.78 is 18.4. The van der Waals surface area contributed by atoms with Gasteiger partial charge in [-0.1, -0.05) is 6.92 Å². The molecule has 0 bridgehead atoms. The number of amides is 3. The van der Waals surface area contributed by atoms with E-state index < -0.39 is 0 Å². The SMILES string of the molecule is CC(=O)N1CCOCC1.CCCO.CCNC=O.CCO.Cc1cc(C)c(/C=C2\C(=O)Nc3ccc(F)cc32)[nH]1. The molecule has 0 aliphatic carbocycles. The first-order valence-electron chi connectivity index (χ1n) is 13.3. The lowest BCUT2D eigenvalue weighted by Gasteiger charge is -2.25. The van der Waals surface area contributed by atoms with Crippen molar-refractivity contribution in [3.8, 4) is 0 Å². The number of aromatic amines is 1. The van der Waals surface area contributed by atoms with Crippen LogP contribution in [-0.2, 0) is 19.1 Å². The number of halogens is 1. The molecule has 1 saturated heterocycles. The molecule has 2 aliphatic rings. The van der Waals surface area contributed by atoms with Crippen LogP contribution in [0.2, 0.25) is 0 Å². The van der Waals surface area contributed by atoms with Crippen molar-refractivity contribution in [2.75, 3.05) is 51.4 Å². The Morgan fingerprint density at radius 2 is 1.75 bits per heavy atom. The highest BCUT2D eigenvalue weighted by molar-refractivity contribution is 6.34. The lowest BCUT2D eigenvalue weighted by Crippen LogP contribution is -2.39. The molecule has 0 atom stereocenters. The van der Waals surface area contributed by atoms with Gasteiger partial charge in [-0.25, -0.2) is 4.39 Å². The highest BCUT2D eigenvalue weighted by atomic mass is 19.1. The van der Waals surface area contributed by atoms with E-state index in [-0.39, 0.29) is 24.2 Å². The second kappa shape index (κ2) is 21.3. The summed E-state index contributed by atoms with van der Waals surface area (Å²) in [6.07, 6.45) is 3.32. The van der Waals surface area contributed by atoms with Gasteiger partial charge < -0.3 is 35.5 Å². The van der Waals surface area contributed by atoms with Crippen molar-refractivity contribution in [1.29, 1.82) is 0 Å². The third kappa shape index (κ3) is 14.0. The van der Waals surface area contributed by atoms with E-state index in [1.165, 1.54) is 12.1 Å². The summed E-state index contributed by atoms with van der Waals surface area (Å²) in [7, 11) is 0. The van der Waals surface area contributed by atoms with E-state index in [1.807, 2.05) is 33.8 Å². The number of ether oxygens (including phenoxy) is 1. The lowest BCUT2D eigenvalue weighted by molar-refractivity contribution is -0.132. The Labute approximate surface area is 236 Å². The van der Waals surface area contributed by atoms with Crippen LogP contribution in [0.4, 0.5) is 10.1 Å². The van der Waals surface area contributed by atoms with Crippen molar-refractivity contribution >= 4 is 35.6 Å². The van der Waals surface area contributed by atoms with Crippen molar-refractivity contribution < 1.29 is 33.7 Å². The number of anilines is 1. The number of carbonyl (C=O) groups excluding carboxylic acids is 3. The molecule has 3 amide bonds. The molecule has 11 heteroatoms. The molecule has 0 unspecified atom stereocenters. The Hall–Kier alpha value is -3.54. The molecule has 10 nitrogen and oxygen atoms in total. The summed E-state index contributed by atoms with van der Waals surface area (Å²) in [6, 6.07) is 6.30. The van der Waals surface area contributed by atoms with Crippen LogP contribution in [0.15, 0.2) is 24.3 Å². The second-order valence-corrected chi connectivity index (χ2v) is 8.58. The summed E-state index contributed by atoms with van der Waals surface area (Å²) in [5.74, 6) is -0.397. The molecule has 224 valence electrons. The van der Waals surface area contributed by atoms with Crippen LogP contribution in [0, 0.1) is 19.7 Å². The highest BCUT2D eigenvalue weighted by Gasteiger charge is 2.24. The van der Waals surface area contributed by atoms with Gasteiger partial charge in [0.1, 0.15) is 5.82 Å². The van der Waals surface area contributed by atoms with Crippen LogP contribution in [0.1, 0.15) is 56.6 Å². The van der Waals surface area contributed by atoms with Gasteiger partial charge in [-0.05, 0) is 70.0 Å². The molecule has 1 aromatic heterocycles. The van der Waals surface area contributed by atoms with Crippen molar-refractivity contribution in [2.45, 2.75) is 48.0 Å². The Morgan fingerprint density at radius 3 is 2.15 bits per heavy atom. The van der Waals surface area contributed by atoms with Crippen LogP contribution in [0.25, 0.3) is 11.6 Å².